The Morgan fingerprint density at radius 3 is 2.55 bits per heavy atom. The fourth-order valence-electron chi connectivity index (χ4n) is 2.21. The van der Waals surface area contributed by atoms with E-state index in [1.54, 1.807) is 0 Å². The first kappa shape index (κ1) is 15.6. The van der Waals surface area contributed by atoms with Gasteiger partial charge in [-0.15, -0.1) is 0 Å². The molecule has 0 radical (unpaired) electrons. The minimum Gasteiger partial charge on any atom is -0.310 e. The molecule has 2 rings (SSSR count). The van der Waals surface area contributed by atoms with Crippen molar-refractivity contribution >= 4 is 27.5 Å². The lowest BCUT2D eigenvalue weighted by atomic mass is 9.99. The van der Waals surface area contributed by atoms with Gasteiger partial charge in [0.05, 0.1) is 0 Å². The quantitative estimate of drug-likeness (QED) is 0.735. The van der Waals surface area contributed by atoms with E-state index in [2.05, 4.69) is 58.5 Å². The van der Waals surface area contributed by atoms with E-state index >= 15 is 0 Å². The molecule has 1 nitrogen and oxygen atoms in total. The molecule has 0 aliphatic rings. The third-order valence-electron chi connectivity index (χ3n) is 3.24. The van der Waals surface area contributed by atoms with Gasteiger partial charge >= 0.3 is 0 Å². The fourth-order valence-corrected chi connectivity index (χ4v) is 2.67. The van der Waals surface area contributed by atoms with Crippen molar-refractivity contribution in [2.45, 2.75) is 25.8 Å². The van der Waals surface area contributed by atoms with Crippen LogP contribution in [0.5, 0.6) is 0 Å². The lowest BCUT2D eigenvalue weighted by Crippen LogP contribution is -2.24. The number of benzene rings is 2. The average Bonchev–Trinajstić information content (AvgIpc) is 2.45. The predicted octanol–water partition coefficient (Wildman–Crippen LogP) is 5.39. The monoisotopic (exact) mass is 351 g/mol. The second kappa shape index (κ2) is 7.82. The van der Waals surface area contributed by atoms with Gasteiger partial charge in [-0.25, -0.2) is 0 Å². The summed E-state index contributed by atoms with van der Waals surface area (Å²) in [6, 6.07) is 16.9. The Balaban J connectivity index is 2.16. The highest BCUT2D eigenvalue weighted by molar-refractivity contribution is 9.10. The van der Waals surface area contributed by atoms with Gasteiger partial charge in [-0.3, -0.25) is 0 Å². The van der Waals surface area contributed by atoms with Gasteiger partial charge in [0.2, 0.25) is 0 Å². The van der Waals surface area contributed by atoms with Crippen LogP contribution < -0.4 is 5.32 Å². The van der Waals surface area contributed by atoms with E-state index in [9.17, 15) is 0 Å². The number of nitrogens with one attached hydrogen (secondary N) is 1. The molecule has 0 bridgehead atoms. The summed E-state index contributed by atoms with van der Waals surface area (Å²) in [6.45, 7) is 3.19. The van der Waals surface area contributed by atoms with E-state index in [4.69, 9.17) is 11.6 Å². The first-order valence-electron chi connectivity index (χ1n) is 6.92. The minimum absolute atomic E-state index is 0.301. The Kier molecular flexibility index (Phi) is 6.08. The molecule has 2 aromatic carbocycles. The maximum Gasteiger partial charge on any atom is 0.0409 e. The summed E-state index contributed by atoms with van der Waals surface area (Å²) in [5.74, 6) is 0. The van der Waals surface area contributed by atoms with Crippen LogP contribution in [0.4, 0.5) is 0 Å². The van der Waals surface area contributed by atoms with Crippen LogP contribution in [0, 0.1) is 0 Å². The first-order valence-corrected chi connectivity index (χ1v) is 8.09. The molecule has 106 valence electrons. The molecule has 0 fully saturated rings. The van der Waals surface area contributed by atoms with Gasteiger partial charge in [0.15, 0.2) is 0 Å². The highest BCUT2D eigenvalue weighted by atomic mass is 79.9. The molecule has 1 unspecified atom stereocenters. The topological polar surface area (TPSA) is 12.0 Å². The fraction of sp³-hybridized carbons (Fsp3) is 0.294. The summed E-state index contributed by atoms with van der Waals surface area (Å²) in [6.07, 6.45) is 2.09. The van der Waals surface area contributed by atoms with Crippen molar-refractivity contribution in [3.63, 3.8) is 0 Å². The van der Waals surface area contributed by atoms with Gasteiger partial charge in [-0.05, 0) is 54.8 Å². The molecular weight excluding hydrogens is 334 g/mol. The average molecular weight is 353 g/mol. The summed E-state index contributed by atoms with van der Waals surface area (Å²) in [5, 5.41) is 4.40. The lowest BCUT2D eigenvalue weighted by Gasteiger charge is -2.19. The maximum absolute atomic E-state index is 6.11. The SMILES string of the molecule is CCCNC(Cc1ccc(Br)cc1)c1cccc(Cl)c1. The summed E-state index contributed by atoms with van der Waals surface area (Å²) < 4.78 is 1.11. The molecule has 0 aromatic heterocycles. The van der Waals surface area contributed by atoms with Crippen molar-refractivity contribution in [3.8, 4) is 0 Å². The Morgan fingerprint density at radius 1 is 1.15 bits per heavy atom. The zero-order valence-corrected chi connectivity index (χ0v) is 13.9. The molecular formula is C17H19BrClN. The van der Waals surface area contributed by atoms with Crippen LogP contribution >= 0.6 is 27.5 Å². The van der Waals surface area contributed by atoms with Crippen LogP contribution in [-0.4, -0.2) is 6.54 Å². The second-order valence-corrected chi connectivity index (χ2v) is 6.24. The lowest BCUT2D eigenvalue weighted by molar-refractivity contribution is 0.529. The van der Waals surface area contributed by atoms with Crippen molar-refractivity contribution < 1.29 is 0 Å². The first-order chi connectivity index (χ1) is 9.69. The van der Waals surface area contributed by atoms with Gasteiger partial charge in [0.1, 0.15) is 0 Å². The Labute approximate surface area is 134 Å². The van der Waals surface area contributed by atoms with E-state index < -0.39 is 0 Å². The third-order valence-corrected chi connectivity index (χ3v) is 4.01. The number of hydrogen-bond acceptors (Lipinski definition) is 1. The Bertz CT molecular complexity index is 539. The smallest absolute Gasteiger partial charge is 0.0409 e. The highest BCUT2D eigenvalue weighted by Gasteiger charge is 2.11. The van der Waals surface area contributed by atoms with Gasteiger partial charge in [-0.1, -0.05) is 58.7 Å². The summed E-state index contributed by atoms with van der Waals surface area (Å²) in [7, 11) is 0. The molecule has 20 heavy (non-hydrogen) atoms. The van der Waals surface area contributed by atoms with E-state index in [-0.39, 0.29) is 0 Å². The van der Waals surface area contributed by atoms with Crippen LogP contribution in [0.3, 0.4) is 0 Å². The van der Waals surface area contributed by atoms with Gasteiger partial charge in [0.25, 0.3) is 0 Å². The number of rotatable bonds is 6. The zero-order valence-electron chi connectivity index (χ0n) is 11.6. The molecule has 1 atom stereocenters. The standard InChI is InChI=1S/C17H19BrClN/c1-2-10-20-17(14-4-3-5-16(19)12-14)11-13-6-8-15(18)9-7-13/h3-9,12,17,20H,2,10-11H2,1H3. The normalized spacial score (nSPS) is 12.3. The third kappa shape index (κ3) is 4.62. The summed E-state index contributed by atoms with van der Waals surface area (Å²) >= 11 is 9.59. The van der Waals surface area contributed by atoms with E-state index in [0.29, 0.717) is 6.04 Å². The number of hydrogen-bond donors (Lipinski definition) is 1. The van der Waals surface area contributed by atoms with E-state index in [1.807, 2.05) is 18.2 Å². The van der Waals surface area contributed by atoms with Crippen molar-refractivity contribution in [2.75, 3.05) is 6.54 Å². The zero-order chi connectivity index (χ0) is 14.4. The van der Waals surface area contributed by atoms with Gasteiger partial charge in [0, 0.05) is 15.5 Å². The molecule has 0 heterocycles. The molecule has 0 aliphatic carbocycles. The maximum atomic E-state index is 6.11. The Morgan fingerprint density at radius 2 is 1.90 bits per heavy atom. The van der Waals surface area contributed by atoms with Crippen LogP contribution in [0.25, 0.3) is 0 Å². The van der Waals surface area contributed by atoms with E-state index in [1.165, 1.54) is 11.1 Å². The Hall–Kier alpha value is -0.830. The molecule has 0 aliphatic heterocycles. The largest absolute Gasteiger partial charge is 0.310 e. The molecule has 1 N–H and O–H groups in total. The van der Waals surface area contributed by atoms with Crippen molar-refractivity contribution in [2.24, 2.45) is 0 Å². The van der Waals surface area contributed by atoms with Crippen LogP contribution in [0.15, 0.2) is 53.0 Å². The van der Waals surface area contributed by atoms with Crippen LogP contribution in [0.1, 0.15) is 30.5 Å². The molecule has 0 saturated carbocycles. The van der Waals surface area contributed by atoms with Crippen molar-refractivity contribution in [3.05, 3.63) is 69.2 Å². The molecule has 0 amide bonds. The highest BCUT2D eigenvalue weighted by Crippen LogP contribution is 2.22. The van der Waals surface area contributed by atoms with Crippen molar-refractivity contribution in [1.82, 2.24) is 5.32 Å². The van der Waals surface area contributed by atoms with E-state index in [0.717, 1.165) is 28.9 Å². The van der Waals surface area contributed by atoms with Crippen molar-refractivity contribution in [1.29, 1.82) is 0 Å². The summed E-state index contributed by atoms with van der Waals surface area (Å²) in [5.41, 5.74) is 2.57. The van der Waals surface area contributed by atoms with Gasteiger partial charge in [-0.2, -0.15) is 0 Å². The predicted molar refractivity (Wildman–Crippen MR) is 90.3 cm³/mol. The molecule has 0 saturated heterocycles. The molecule has 3 heteroatoms. The minimum atomic E-state index is 0.301. The van der Waals surface area contributed by atoms with Gasteiger partial charge < -0.3 is 5.32 Å². The van der Waals surface area contributed by atoms with Crippen LogP contribution in [-0.2, 0) is 6.42 Å². The summed E-state index contributed by atoms with van der Waals surface area (Å²) in [4.78, 5) is 0. The van der Waals surface area contributed by atoms with Crippen LogP contribution in [0.2, 0.25) is 5.02 Å². The molecule has 2 aromatic rings. The number of halogens is 2. The second-order valence-electron chi connectivity index (χ2n) is 4.89. The molecule has 0 spiro atoms.